The zero-order valence-electron chi connectivity index (χ0n) is 13.9. The maximum absolute atomic E-state index is 13.4. The van der Waals surface area contributed by atoms with Crippen molar-refractivity contribution in [1.29, 1.82) is 0 Å². The van der Waals surface area contributed by atoms with Crippen molar-refractivity contribution >= 4 is 26.8 Å². The number of primary sulfonamides is 1. The standard InChI is InChI=1S/C18H18FN3O3S/c19-15-4-3-14-8-10-22(17(14)11-15)12-18(23)21-9-7-13-1-5-16(6-2-13)26(20,24)25/h1-6,8,10-11H,7,9,12H2,(H,21,23)(H2,20,24,25). The summed E-state index contributed by atoms with van der Waals surface area (Å²) in [6.07, 6.45) is 2.30. The summed E-state index contributed by atoms with van der Waals surface area (Å²) in [5.41, 5.74) is 1.55. The molecule has 0 atom stereocenters. The number of fused-ring (bicyclic) bond motifs is 1. The van der Waals surface area contributed by atoms with E-state index in [4.69, 9.17) is 5.14 Å². The Bertz CT molecular complexity index is 1040. The smallest absolute Gasteiger partial charge is 0.239 e. The Morgan fingerprint density at radius 3 is 2.54 bits per heavy atom. The molecular formula is C18H18FN3O3S. The first-order chi connectivity index (χ1) is 12.3. The summed E-state index contributed by atoms with van der Waals surface area (Å²) in [5.74, 6) is -0.534. The second-order valence-corrected chi connectivity index (χ2v) is 7.50. The van der Waals surface area contributed by atoms with E-state index in [9.17, 15) is 17.6 Å². The lowest BCUT2D eigenvalue weighted by atomic mass is 10.1. The number of nitrogens with two attached hydrogens (primary N) is 1. The lowest BCUT2D eigenvalue weighted by Crippen LogP contribution is -2.29. The Morgan fingerprint density at radius 1 is 1.12 bits per heavy atom. The van der Waals surface area contributed by atoms with E-state index in [1.165, 1.54) is 24.3 Å². The van der Waals surface area contributed by atoms with Gasteiger partial charge >= 0.3 is 0 Å². The van der Waals surface area contributed by atoms with Crippen molar-refractivity contribution in [3.8, 4) is 0 Å². The van der Waals surface area contributed by atoms with Crippen molar-refractivity contribution in [3.05, 3.63) is 66.1 Å². The largest absolute Gasteiger partial charge is 0.354 e. The highest BCUT2D eigenvalue weighted by Gasteiger charge is 2.08. The molecule has 136 valence electrons. The number of halogens is 1. The van der Waals surface area contributed by atoms with E-state index in [-0.39, 0.29) is 23.2 Å². The molecule has 0 unspecified atom stereocenters. The SMILES string of the molecule is NS(=O)(=O)c1ccc(CCNC(=O)Cn2ccc3ccc(F)cc32)cc1. The van der Waals surface area contributed by atoms with Crippen LogP contribution in [0.5, 0.6) is 0 Å². The highest BCUT2D eigenvalue weighted by molar-refractivity contribution is 7.89. The Kier molecular flexibility index (Phi) is 5.06. The van der Waals surface area contributed by atoms with Crippen LogP contribution in [0.15, 0.2) is 59.6 Å². The monoisotopic (exact) mass is 375 g/mol. The van der Waals surface area contributed by atoms with E-state index in [1.807, 2.05) is 6.07 Å². The predicted molar refractivity (Wildman–Crippen MR) is 96.4 cm³/mol. The molecule has 0 aliphatic carbocycles. The van der Waals surface area contributed by atoms with Crippen molar-refractivity contribution in [2.24, 2.45) is 5.14 Å². The summed E-state index contributed by atoms with van der Waals surface area (Å²) >= 11 is 0. The summed E-state index contributed by atoms with van der Waals surface area (Å²) in [5, 5.41) is 8.72. The van der Waals surface area contributed by atoms with Gasteiger partial charge in [-0.05, 0) is 53.8 Å². The molecule has 0 saturated carbocycles. The minimum Gasteiger partial charge on any atom is -0.354 e. The van der Waals surface area contributed by atoms with Crippen molar-refractivity contribution in [3.63, 3.8) is 0 Å². The van der Waals surface area contributed by atoms with Gasteiger partial charge in [0, 0.05) is 12.7 Å². The number of hydrogen-bond acceptors (Lipinski definition) is 3. The van der Waals surface area contributed by atoms with Crippen LogP contribution in [0.1, 0.15) is 5.56 Å². The quantitative estimate of drug-likeness (QED) is 0.688. The number of carbonyl (C=O) groups excluding carboxylic acids is 1. The fourth-order valence-electron chi connectivity index (χ4n) is 2.70. The van der Waals surface area contributed by atoms with Crippen LogP contribution in [0.2, 0.25) is 0 Å². The Morgan fingerprint density at radius 2 is 1.85 bits per heavy atom. The third kappa shape index (κ3) is 4.27. The molecule has 0 saturated heterocycles. The third-order valence-corrected chi connectivity index (χ3v) is 4.97. The van der Waals surface area contributed by atoms with Crippen LogP contribution < -0.4 is 10.5 Å². The van der Waals surface area contributed by atoms with Crippen LogP contribution in [0.3, 0.4) is 0 Å². The molecule has 3 aromatic rings. The summed E-state index contributed by atoms with van der Waals surface area (Å²) in [4.78, 5) is 12.1. The Hall–Kier alpha value is -2.71. The minimum atomic E-state index is -3.70. The van der Waals surface area contributed by atoms with Gasteiger partial charge in [0.25, 0.3) is 0 Å². The topological polar surface area (TPSA) is 94.2 Å². The number of carbonyl (C=O) groups is 1. The van der Waals surface area contributed by atoms with Crippen molar-refractivity contribution in [2.75, 3.05) is 6.54 Å². The minimum absolute atomic E-state index is 0.0528. The molecule has 0 bridgehead atoms. The molecule has 0 aliphatic rings. The van der Waals surface area contributed by atoms with E-state index in [2.05, 4.69) is 5.32 Å². The fraction of sp³-hybridized carbons (Fsp3) is 0.167. The molecule has 3 rings (SSSR count). The molecule has 1 heterocycles. The van der Waals surface area contributed by atoms with Gasteiger partial charge in [0.1, 0.15) is 12.4 Å². The zero-order valence-corrected chi connectivity index (χ0v) is 14.7. The normalized spacial score (nSPS) is 11.6. The molecular weight excluding hydrogens is 357 g/mol. The molecule has 1 amide bonds. The highest BCUT2D eigenvalue weighted by Crippen LogP contribution is 2.17. The lowest BCUT2D eigenvalue weighted by molar-refractivity contribution is -0.121. The number of nitrogens with one attached hydrogen (secondary N) is 1. The van der Waals surface area contributed by atoms with Crippen LogP contribution in [0.4, 0.5) is 4.39 Å². The maximum Gasteiger partial charge on any atom is 0.239 e. The van der Waals surface area contributed by atoms with Crippen molar-refractivity contribution < 1.29 is 17.6 Å². The molecule has 0 fully saturated rings. The number of rotatable bonds is 6. The first-order valence-electron chi connectivity index (χ1n) is 7.96. The lowest BCUT2D eigenvalue weighted by Gasteiger charge is -2.08. The van der Waals surface area contributed by atoms with E-state index in [1.54, 1.807) is 29.0 Å². The molecule has 6 nitrogen and oxygen atoms in total. The van der Waals surface area contributed by atoms with Crippen LogP contribution in [-0.4, -0.2) is 25.4 Å². The van der Waals surface area contributed by atoms with Gasteiger partial charge in [-0.1, -0.05) is 12.1 Å². The number of amides is 1. The molecule has 2 aromatic carbocycles. The number of hydrogen-bond donors (Lipinski definition) is 2. The van der Waals surface area contributed by atoms with Gasteiger partial charge < -0.3 is 9.88 Å². The first kappa shape index (κ1) is 18.1. The van der Waals surface area contributed by atoms with E-state index in [0.717, 1.165) is 10.9 Å². The summed E-state index contributed by atoms with van der Waals surface area (Å²) in [6, 6.07) is 12.5. The second kappa shape index (κ2) is 7.27. The molecule has 1 aromatic heterocycles. The van der Waals surface area contributed by atoms with Gasteiger partial charge in [0.15, 0.2) is 0 Å². The summed E-state index contributed by atoms with van der Waals surface area (Å²) in [6.45, 7) is 0.498. The summed E-state index contributed by atoms with van der Waals surface area (Å²) < 4.78 is 37.5. The molecule has 3 N–H and O–H groups in total. The van der Waals surface area contributed by atoms with Crippen molar-refractivity contribution in [2.45, 2.75) is 17.9 Å². The molecule has 0 radical (unpaired) electrons. The molecule has 0 aliphatic heterocycles. The average molecular weight is 375 g/mol. The maximum atomic E-state index is 13.4. The van der Waals surface area contributed by atoms with Gasteiger partial charge in [0.2, 0.25) is 15.9 Å². The number of benzene rings is 2. The number of nitrogens with zero attached hydrogens (tertiary/aromatic N) is 1. The van der Waals surface area contributed by atoms with E-state index < -0.39 is 10.0 Å². The first-order valence-corrected chi connectivity index (χ1v) is 9.50. The molecule has 0 spiro atoms. The van der Waals surface area contributed by atoms with Gasteiger partial charge in [-0.3, -0.25) is 4.79 Å². The zero-order chi connectivity index (χ0) is 18.7. The molecule has 26 heavy (non-hydrogen) atoms. The second-order valence-electron chi connectivity index (χ2n) is 5.94. The average Bonchev–Trinajstić information content (AvgIpc) is 2.96. The highest BCUT2D eigenvalue weighted by atomic mass is 32.2. The van der Waals surface area contributed by atoms with E-state index >= 15 is 0 Å². The number of aromatic nitrogens is 1. The third-order valence-electron chi connectivity index (χ3n) is 4.04. The van der Waals surface area contributed by atoms with Crippen LogP contribution in [-0.2, 0) is 27.8 Å². The van der Waals surface area contributed by atoms with E-state index in [0.29, 0.717) is 18.5 Å². The van der Waals surface area contributed by atoms with Gasteiger partial charge in [-0.25, -0.2) is 17.9 Å². The van der Waals surface area contributed by atoms with Gasteiger partial charge in [0.05, 0.1) is 10.4 Å². The van der Waals surface area contributed by atoms with Crippen molar-refractivity contribution in [1.82, 2.24) is 9.88 Å². The van der Waals surface area contributed by atoms with Crippen LogP contribution >= 0.6 is 0 Å². The van der Waals surface area contributed by atoms with Crippen LogP contribution in [0.25, 0.3) is 10.9 Å². The Balaban J connectivity index is 1.55. The van der Waals surface area contributed by atoms with Gasteiger partial charge in [-0.15, -0.1) is 0 Å². The Labute approximate surface area is 150 Å². The molecule has 8 heteroatoms. The van der Waals surface area contributed by atoms with Gasteiger partial charge in [-0.2, -0.15) is 0 Å². The predicted octanol–water partition coefficient (Wildman–Crippen LogP) is 1.79. The number of sulfonamides is 1. The van der Waals surface area contributed by atoms with Crippen LogP contribution in [0, 0.1) is 5.82 Å². The summed E-state index contributed by atoms with van der Waals surface area (Å²) in [7, 11) is -3.70. The fourth-order valence-corrected chi connectivity index (χ4v) is 3.21.